The van der Waals surface area contributed by atoms with Gasteiger partial charge in [0.25, 0.3) is 0 Å². The molecule has 0 spiro atoms. The van der Waals surface area contributed by atoms with E-state index in [1.807, 2.05) is 7.05 Å². The van der Waals surface area contributed by atoms with Crippen LogP contribution in [0.1, 0.15) is 32.6 Å². The molecule has 1 atom stereocenters. The number of likely N-dealkylation sites (N-methyl/N-ethyl adjacent to an activating group) is 1. The van der Waals surface area contributed by atoms with E-state index >= 15 is 0 Å². The summed E-state index contributed by atoms with van der Waals surface area (Å²) in [5.41, 5.74) is 0. The van der Waals surface area contributed by atoms with Gasteiger partial charge in [0.2, 0.25) is 5.91 Å². The van der Waals surface area contributed by atoms with Gasteiger partial charge in [-0.15, -0.1) is 0 Å². The van der Waals surface area contributed by atoms with Gasteiger partial charge in [0, 0.05) is 13.0 Å². The van der Waals surface area contributed by atoms with Crippen LogP contribution in [0.15, 0.2) is 0 Å². The summed E-state index contributed by atoms with van der Waals surface area (Å²) in [4.78, 5) is 22.6. The van der Waals surface area contributed by atoms with Gasteiger partial charge in [-0.05, 0) is 40.4 Å². The largest absolute Gasteiger partial charge is 0.355 e. The summed E-state index contributed by atoms with van der Waals surface area (Å²) in [6.07, 6.45) is 3.44. The lowest BCUT2D eigenvalue weighted by Gasteiger charge is -2.14. The SMILES string of the molecule is CNCCCCCNC(=O)[C@H](CC(C)=O)NC. The van der Waals surface area contributed by atoms with Crippen molar-refractivity contribution in [1.82, 2.24) is 16.0 Å². The predicted octanol–water partition coefficient (Wildman–Crippen LogP) is 0.0594. The summed E-state index contributed by atoms with van der Waals surface area (Å²) in [7, 11) is 3.63. The van der Waals surface area contributed by atoms with Crippen molar-refractivity contribution in [2.75, 3.05) is 27.2 Å². The van der Waals surface area contributed by atoms with Crippen LogP contribution in [0.3, 0.4) is 0 Å². The average Bonchev–Trinajstić information content (AvgIpc) is 2.30. The first-order chi connectivity index (χ1) is 8.11. The zero-order chi connectivity index (χ0) is 13.1. The summed E-state index contributed by atoms with van der Waals surface area (Å²) < 4.78 is 0. The van der Waals surface area contributed by atoms with Crippen molar-refractivity contribution >= 4 is 11.7 Å². The Morgan fingerprint density at radius 3 is 2.24 bits per heavy atom. The molecule has 100 valence electrons. The fourth-order valence-corrected chi connectivity index (χ4v) is 1.55. The lowest BCUT2D eigenvalue weighted by molar-refractivity contribution is -0.126. The van der Waals surface area contributed by atoms with Gasteiger partial charge in [-0.1, -0.05) is 6.42 Å². The first-order valence-corrected chi connectivity index (χ1v) is 6.20. The van der Waals surface area contributed by atoms with E-state index in [-0.39, 0.29) is 18.1 Å². The highest BCUT2D eigenvalue weighted by Crippen LogP contribution is 1.95. The van der Waals surface area contributed by atoms with Crippen LogP contribution >= 0.6 is 0 Å². The fourth-order valence-electron chi connectivity index (χ4n) is 1.55. The molecule has 3 N–H and O–H groups in total. The number of ketones is 1. The third-order valence-corrected chi connectivity index (χ3v) is 2.56. The van der Waals surface area contributed by atoms with Crippen molar-refractivity contribution in [3.63, 3.8) is 0 Å². The monoisotopic (exact) mass is 243 g/mol. The zero-order valence-electron chi connectivity index (χ0n) is 11.1. The van der Waals surface area contributed by atoms with Crippen LogP contribution in [0.5, 0.6) is 0 Å². The van der Waals surface area contributed by atoms with Crippen LogP contribution in [-0.4, -0.2) is 44.9 Å². The summed E-state index contributed by atoms with van der Waals surface area (Å²) in [6.45, 7) is 3.19. The van der Waals surface area contributed by atoms with E-state index in [1.54, 1.807) is 7.05 Å². The molecule has 0 unspecified atom stereocenters. The number of hydrogen-bond acceptors (Lipinski definition) is 4. The van der Waals surface area contributed by atoms with Crippen LogP contribution in [0.2, 0.25) is 0 Å². The van der Waals surface area contributed by atoms with Gasteiger partial charge in [-0.3, -0.25) is 9.59 Å². The molecule has 0 aliphatic heterocycles. The third-order valence-electron chi connectivity index (χ3n) is 2.56. The highest BCUT2D eigenvalue weighted by molar-refractivity contribution is 5.88. The van der Waals surface area contributed by atoms with Crippen LogP contribution in [0.25, 0.3) is 0 Å². The number of nitrogens with one attached hydrogen (secondary N) is 3. The molecule has 0 saturated heterocycles. The van der Waals surface area contributed by atoms with Crippen molar-refractivity contribution in [2.45, 2.75) is 38.6 Å². The van der Waals surface area contributed by atoms with Crippen LogP contribution in [-0.2, 0) is 9.59 Å². The lowest BCUT2D eigenvalue weighted by atomic mass is 10.1. The number of amides is 1. The summed E-state index contributed by atoms with van der Waals surface area (Å²) >= 11 is 0. The Balaban J connectivity index is 3.64. The molecule has 0 heterocycles. The molecule has 0 aliphatic rings. The van der Waals surface area contributed by atoms with Crippen LogP contribution in [0.4, 0.5) is 0 Å². The van der Waals surface area contributed by atoms with Gasteiger partial charge >= 0.3 is 0 Å². The number of unbranched alkanes of at least 4 members (excludes halogenated alkanes) is 2. The van der Waals surface area contributed by atoms with Crippen molar-refractivity contribution in [3.05, 3.63) is 0 Å². The van der Waals surface area contributed by atoms with Crippen LogP contribution in [0, 0.1) is 0 Å². The standard InChI is InChI=1S/C12H25N3O2/c1-10(16)9-11(14-3)12(17)15-8-6-4-5-7-13-2/h11,13-14H,4-9H2,1-3H3,(H,15,17)/t11-/m0/s1. The molecule has 5 heteroatoms. The van der Waals surface area contributed by atoms with E-state index in [2.05, 4.69) is 16.0 Å². The number of carbonyl (C=O) groups is 2. The Morgan fingerprint density at radius 2 is 1.71 bits per heavy atom. The topological polar surface area (TPSA) is 70.2 Å². The number of hydrogen-bond donors (Lipinski definition) is 3. The van der Waals surface area contributed by atoms with E-state index in [9.17, 15) is 9.59 Å². The quantitative estimate of drug-likeness (QED) is 0.475. The van der Waals surface area contributed by atoms with Gasteiger partial charge in [0.05, 0.1) is 6.04 Å². The zero-order valence-corrected chi connectivity index (χ0v) is 11.1. The van der Waals surface area contributed by atoms with Gasteiger partial charge in [-0.25, -0.2) is 0 Å². The second kappa shape index (κ2) is 10.2. The highest BCUT2D eigenvalue weighted by Gasteiger charge is 2.17. The second-order valence-electron chi connectivity index (χ2n) is 4.20. The first-order valence-electron chi connectivity index (χ1n) is 6.20. The van der Waals surface area contributed by atoms with Gasteiger partial charge < -0.3 is 16.0 Å². The molecule has 0 fully saturated rings. The lowest BCUT2D eigenvalue weighted by Crippen LogP contribution is -2.43. The number of rotatable bonds is 10. The average molecular weight is 243 g/mol. The van der Waals surface area contributed by atoms with Crippen molar-refractivity contribution < 1.29 is 9.59 Å². The van der Waals surface area contributed by atoms with E-state index in [0.29, 0.717) is 6.54 Å². The molecule has 0 aliphatic carbocycles. The first kappa shape index (κ1) is 16.1. The van der Waals surface area contributed by atoms with E-state index in [0.717, 1.165) is 25.8 Å². The molecule has 0 aromatic heterocycles. The molecule has 0 saturated carbocycles. The van der Waals surface area contributed by atoms with Crippen LogP contribution < -0.4 is 16.0 Å². The van der Waals surface area contributed by atoms with Gasteiger partial charge in [0.15, 0.2) is 0 Å². The van der Waals surface area contributed by atoms with Crippen molar-refractivity contribution in [3.8, 4) is 0 Å². The normalized spacial score (nSPS) is 12.2. The Hall–Kier alpha value is -0.940. The predicted molar refractivity (Wildman–Crippen MR) is 68.9 cm³/mol. The Kier molecular flexibility index (Phi) is 9.66. The minimum Gasteiger partial charge on any atom is -0.355 e. The minimum absolute atomic E-state index is 0.0218. The number of Topliss-reactive ketones (excluding diaryl/α,β-unsaturated/α-hetero) is 1. The second-order valence-corrected chi connectivity index (χ2v) is 4.20. The third kappa shape index (κ3) is 8.83. The van der Waals surface area contributed by atoms with E-state index in [1.165, 1.54) is 6.92 Å². The summed E-state index contributed by atoms with van der Waals surface area (Å²) in [5, 5.41) is 8.77. The smallest absolute Gasteiger partial charge is 0.237 e. The van der Waals surface area contributed by atoms with Gasteiger partial charge in [-0.2, -0.15) is 0 Å². The molecule has 5 nitrogen and oxygen atoms in total. The summed E-state index contributed by atoms with van der Waals surface area (Å²) in [6, 6.07) is -0.398. The molecule has 0 radical (unpaired) electrons. The molecule has 0 bridgehead atoms. The Morgan fingerprint density at radius 1 is 1.06 bits per heavy atom. The molecular weight excluding hydrogens is 218 g/mol. The molecular formula is C12H25N3O2. The Labute approximate surface area is 104 Å². The molecule has 0 aromatic carbocycles. The molecule has 17 heavy (non-hydrogen) atoms. The van der Waals surface area contributed by atoms with Gasteiger partial charge in [0.1, 0.15) is 5.78 Å². The van der Waals surface area contributed by atoms with Crippen molar-refractivity contribution in [2.24, 2.45) is 0 Å². The highest BCUT2D eigenvalue weighted by atomic mass is 16.2. The maximum atomic E-state index is 11.7. The Bertz CT molecular complexity index is 232. The minimum atomic E-state index is -0.398. The fraction of sp³-hybridized carbons (Fsp3) is 0.833. The van der Waals surface area contributed by atoms with Crippen molar-refractivity contribution in [1.29, 1.82) is 0 Å². The summed E-state index contributed by atoms with van der Waals surface area (Å²) in [5.74, 6) is -0.0650. The maximum absolute atomic E-state index is 11.7. The molecule has 0 rings (SSSR count). The number of carbonyl (C=O) groups excluding carboxylic acids is 2. The van der Waals surface area contributed by atoms with E-state index < -0.39 is 6.04 Å². The van der Waals surface area contributed by atoms with E-state index in [4.69, 9.17) is 0 Å². The maximum Gasteiger partial charge on any atom is 0.237 e. The molecule has 0 aromatic rings. The molecule has 1 amide bonds.